The number of amides is 1. The van der Waals surface area contributed by atoms with Crippen LogP contribution >= 0.6 is 11.8 Å². The first kappa shape index (κ1) is 19.7. The van der Waals surface area contributed by atoms with Crippen molar-refractivity contribution in [3.63, 3.8) is 0 Å². The molecule has 0 fully saturated rings. The summed E-state index contributed by atoms with van der Waals surface area (Å²) in [5.41, 5.74) is 2.39. The fourth-order valence-electron chi connectivity index (χ4n) is 3.59. The number of carbonyl (C=O) groups excluding carboxylic acids is 1. The zero-order chi connectivity index (χ0) is 20.2. The van der Waals surface area contributed by atoms with Gasteiger partial charge in [0.05, 0.1) is 0 Å². The Bertz CT molecular complexity index is 994. The molecule has 1 amide bonds. The van der Waals surface area contributed by atoms with Gasteiger partial charge in [0.15, 0.2) is 5.82 Å². The van der Waals surface area contributed by atoms with Crippen LogP contribution in [-0.2, 0) is 13.0 Å². The summed E-state index contributed by atoms with van der Waals surface area (Å²) in [6.45, 7) is 5.27. The zero-order valence-corrected chi connectivity index (χ0v) is 17.7. The summed E-state index contributed by atoms with van der Waals surface area (Å²) in [6, 6.07) is 15.6. The molecule has 0 saturated carbocycles. The van der Waals surface area contributed by atoms with Crippen molar-refractivity contribution in [2.75, 3.05) is 5.32 Å². The van der Waals surface area contributed by atoms with Crippen molar-refractivity contribution in [2.45, 2.75) is 56.2 Å². The van der Waals surface area contributed by atoms with Crippen LogP contribution in [0, 0.1) is 0 Å². The van der Waals surface area contributed by atoms with E-state index in [1.807, 2.05) is 48.5 Å². The topological polar surface area (TPSA) is 59.8 Å². The Labute approximate surface area is 175 Å². The third-order valence-electron chi connectivity index (χ3n) is 4.98. The number of rotatable bonds is 5. The van der Waals surface area contributed by atoms with E-state index in [2.05, 4.69) is 33.9 Å². The summed E-state index contributed by atoms with van der Waals surface area (Å²) in [4.78, 5) is 13.8. The van der Waals surface area contributed by atoms with Gasteiger partial charge in [-0.1, -0.05) is 32.4 Å². The van der Waals surface area contributed by atoms with Crippen molar-refractivity contribution in [3.8, 4) is 11.4 Å². The number of hydrogen-bond acceptors (Lipinski definition) is 4. The zero-order valence-electron chi connectivity index (χ0n) is 16.9. The number of carbonyl (C=O) groups is 1. The predicted octanol–water partition coefficient (Wildman–Crippen LogP) is 5.42. The van der Waals surface area contributed by atoms with E-state index >= 15 is 0 Å². The Morgan fingerprint density at radius 1 is 1.07 bits per heavy atom. The van der Waals surface area contributed by atoms with E-state index in [9.17, 15) is 4.79 Å². The quantitative estimate of drug-likeness (QED) is 0.575. The second-order valence-electron chi connectivity index (χ2n) is 7.63. The minimum Gasteiger partial charge on any atom is -0.322 e. The Kier molecular flexibility index (Phi) is 6.00. The van der Waals surface area contributed by atoms with Gasteiger partial charge >= 0.3 is 0 Å². The monoisotopic (exact) mass is 406 g/mol. The van der Waals surface area contributed by atoms with Gasteiger partial charge in [0.25, 0.3) is 5.91 Å². The lowest BCUT2D eigenvalue weighted by Gasteiger charge is -2.10. The third-order valence-corrected chi connectivity index (χ3v) is 5.99. The maximum atomic E-state index is 12.7. The second kappa shape index (κ2) is 8.82. The number of nitrogens with zero attached hydrogens (tertiary/aromatic N) is 3. The van der Waals surface area contributed by atoms with E-state index < -0.39 is 0 Å². The summed E-state index contributed by atoms with van der Waals surface area (Å²) < 4.78 is 2.22. The van der Waals surface area contributed by atoms with E-state index in [1.165, 1.54) is 17.7 Å². The van der Waals surface area contributed by atoms with Crippen molar-refractivity contribution in [2.24, 2.45) is 0 Å². The third kappa shape index (κ3) is 4.70. The Morgan fingerprint density at radius 2 is 1.90 bits per heavy atom. The minimum atomic E-state index is -0.108. The maximum Gasteiger partial charge on any atom is 0.255 e. The first-order chi connectivity index (χ1) is 14.1. The van der Waals surface area contributed by atoms with Crippen molar-refractivity contribution in [1.82, 2.24) is 14.8 Å². The number of nitrogens with one attached hydrogen (secondary N) is 1. The van der Waals surface area contributed by atoms with Crippen molar-refractivity contribution >= 4 is 23.4 Å². The van der Waals surface area contributed by atoms with Gasteiger partial charge in [-0.15, -0.1) is 22.0 Å². The van der Waals surface area contributed by atoms with Gasteiger partial charge in [0.2, 0.25) is 0 Å². The van der Waals surface area contributed by atoms with Gasteiger partial charge in [0, 0.05) is 39.9 Å². The molecule has 0 aliphatic carbocycles. The molecular weight excluding hydrogens is 380 g/mol. The van der Waals surface area contributed by atoms with Gasteiger partial charge < -0.3 is 9.88 Å². The van der Waals surface area contributed by atoms with E-state index in [1.54, 1.807) is 11.8 Å². The largest absolute Gasteiger partial charge is 0.322 e. The average molecular weight is 407 g/mol. The van der Waals surface area contributed by atoms with Crippen LogP contribution in [0.3, 0.4) is 0 Å². The standard InChI is InChI=1S/C23H26N4OS/c1-16(2)29-20-12-10-17(11-13-20)23(28)24-19-8-6-7-18(15-19)22-26-25-21-9-4-3-5-14-27(21)22/h6-8,10-13,15-16H,3-5,9,14H2,1-2H3,(H,24,28). The Balaban J connectivity index is 1.51. The van der Waals surface area contributed by atoms with Gasteiger partial charge in [-0.2, -0.15) is 0 Å². The minimum absolute atomic E-state index is 0.108. The molecule has 29 heavy (non-hydrogen) atoms. The normalized spacial score (nSPS) is 13.8. The number of hydrogen-bond donors (Lipinski definition) is 1. The van der Waals surface area contributed by atoms with E-state index in [-0.39, 0.29) is 5.91 Å². The van der Waals surface area contributed by atoms with Crippen molar-refractivity contribution in [1.29, 1.82) is 0 Å². The van der Waals surface area contributed by atoms with E-state index in [0.29, 0.717) is 10.8 Å². The van der Waals surface area contributed by atoms with Crippen LogP contribution in [0.25, 0.3) is 11.4 Å². The highest BCUT2D eigenvalue weighted by molar-refractivity contribution is 7.99. The highest BCUT2D eigenvalue weighted by Crippen LogP contribution is 2.26. The van der Waals surface area contributed by atoms with Crippen LogP contribution in [0.1, 0.15) is 49.3 Å². The van der Waals surface area contributed by atoms with Crippen LogP contribution in [0.4, 0.5) is 5.69 Å². The maximum absolute atomic E-state index is 12.7. The van der Waals surface area contributed by atoms with Crippen molar-refractivity contribution < 1.29 is 4.79 Å². The molecule has 2 aromatic carbocycles. The lowest BCUT2D eigenvalue weighted by molar-refractivity contribution is 0.102. The molecule has 1 aliphatic rings. The smallest absolute Gasteiger partial charge is 0.255 e. The predicted molar refractivity (Wildman–Crippen MR) is 118 cm³/mol. The number of anilines is 1. The fourth-order valence-corrected chi connectivity index (χ4v) is 4.43. The van der Waals surface area contributed by atoms with Gasteiger partial charge in [-0.3, -0.25) is 4.79 Å². The average Bonchev–Trinajstić information content (AvgIpc) is 2.96. The lowest BCUT2D eigenvalue weighted by atomic mass is 10.1. The molecule has 1 N–H and O–H groups in total. The fraction of sp³-hybridized carbons (Fsp3) is 0.348. The Hall–Kier alpha value is -2.60. The summed E-state index contributed by atoms with van der Waals surface area (Å²) in [7, 11) is 0. The molecule has 0 spiro atoms. The molecule has 3 aromatic rings. The summed E-state index contributed by atoms with van der Waals surface area (Å²) in [5, 5.41) is 12.3. The van der Waals surface area contributed by atoms with Gasteiger partial charge in [-0.05, 0) is 49.2 Å². The molecule has 1 aliphatic heterocycles. The number of aromatic nitrogens is 3. The molecule has 0 radical (unpaired) electrons. The molecule has 0 atom stereocenters. The SMILES string of the molecule is CC(C)Sc1ccc(C(=O)Nc2cccc(-c3nnc4n3CCCCC4)c2)cc1. The van der Waals surface area contributed by atoms with Crippen LogP contribution in [0.5, 0.6) is 0 Å². The number of aryl methyl sites for hydroxylation is 1. The van der Waals surface area contributed by atoms with Crippen LogP contribution in [-0.4, -0.2) is 25.9 Å². The molecule has 5 nitrogen and oxygen atoms in total. The number of fused-ring (bicyclic) bond motifs is 1. The van der Waals surface area contributed by atoms with Crippen molar-refractivity contribution in [3.05, 3.63) is 59.9 Å². The highest BCUT2D eigenvalue weighted by atomic mass is 32.2. The molecule has 0 unspecified atom stereocenters. The van der Waals surface area contributed by atoms with E-state index in [0.717, 1.165) is 42.3 Å². The van der Waals surface area contributed by atoms with Crippen LogP contribution in [0.15, 0.2) is 53.4 Å². The summed E-state index contributed by atoms with van der Waals surface area (Å²) in [5.74, 6) is 1.84. The number of benzene rings is 2. The Morgan fingerprint density at radius 3 is 2.69 bits per heavy atom. The van der Waals surface area contributed by atoms with Crippen LogP contribution in [0.2, 0.25) is 0 Å². The highest BCUT2D eigenvalue weighted by Gasteiger charge is 2.16. The molecule has 2 heterocycles. The van der Waals surface area contributed by atoms with E-state index in [4.69, 9.17) is 0 Å². The lowest BCUT2D eigenvalue weighted by Crippen LogP contribution is -2.12. The molecule has 4 rings (SSSR count). The molecule has 150 valence electrons. The van der Waals surface area contributed by atoms with Gasteiger partial charge in [0.1, 0.15) is 5.82 Å². The van der Waals surface area contributed by atoms with Crippen LogP contribution < -0.4 is 5.32 Å². The number of thioether (sulfide) groups is 1. The molecule has 1 aromatic heterocycles. The first-order valence-electron chi connectivity index (χ1n) is 10.2. The molecular formula is C23H26N4OS. The molecule has 0 bridgehead atoms. The second-order valence-corrected chi connectivity index (χ2v) is 9.28. The molecule has 6 heteroatoms. The van der Waals surface area contributed by atoms with Gasteiger partial charge in [-0.25, -0.2) is 0 Å². The summed E-state index contributed by atoms with van der Waals surface area (Å²) in [6.07, 6.45) is 4.53. The first-order valence-corrected chi connectivity index (χ1v) is 11.1. The molecule has 0 saturated heterocycles. The summed E-state index contributed by atoms with van der Waals surface area (Å²) >= 11 is 1.79.